The Morgan fingerprint density at radius 2 is 2.25 bits per heavy atom. The molecular weight excluding hydrogens is 346 g/mol. The fraction of sp³-hybridized carbons (Fsp3) is 0.200. The fourth-order valence-corrected chi connectivity index (χ4v) is 1.87. The maximum Gasteiger partial charge on any atom is 0.0189 e. The molecule has 0 spiro atoms. The zero-order chi connectivity index (χ0) is 6.41. The molecule has 8 heavy (non-hydrogen) atoms. The Hall–Kier alpha value is 1.29. The monoisotopic (exact) mass is 352 g/mol. The van der Waals surface area contributed by atoms with E-state index in [2.05, 4.69) is 63.9 Å². The number of thiol groups is 1. The summed E-state index contributed by atoms with van der Waals surface area (Å²) in [6, 6.07) is 0. The van der Waals surface area contributed by atoms with Crippen molar-refractivity contribution >= 4 is 57.8 Å². The van der Waals surface area contributed by atoms with E-state index in [-0.39, 0.29) is 0 Å². The lowest BCUT2D eigenvalue weighted by atomic mass is 10.5. The van der Waals surface area contributed by atoms with E-state index in [4.69, 9.17) is 0 Å². The van der Waals surface area contributed by atoms with Gasteiger partial charge in [0.2, 0.25) is 0 Å². The SMILES string of the molecule is SC(/C=C\I)=C/CI. The largest absolute Gasteiger partial charge is 0.144 e. The van der Waals surface area contributed by atoms with Crippen molar-refractivity contribution in [2.24, 2.45) is 0 Å². The van der Waals surface area contributed by atoms with Crippen LogP contribution in [-0.4, -0.2) is 4.43 Å². The van der Waals surface area contributed by atoms with Crippen LogP contribution >= 0.6 is 57.8 Å². The topological polar surface area (TPSA) is 0 Å². The van der Waals surface area contributed by atoms with Crippen molar-refractivity contribution < 1.29 is 0 Å². The summed E-state index contributed by atoms with van der Waals surface area (Å²) in [5, 5.41) is 0. The van der Waals surface area contributed by atoms with Crippen LogP contribution in [0.2, 0.25) is 0 Å². The van der Waals surface area contributed by atoms with Gasteiger partial charge < -0.3 is 0 Å². The quantitative estimate of drug-likeness (QED) is 0.336. The first-order chi connectivity index (χ1) is 3.81. The number of hydrogen-bond donors (Lipinski definition) is 1. The van der Waals surface area contributed by atoms with Crippen molar-refractivity contribution in [2.75, 3.05) is 4.43 Å². The van der Waals surface area contributed by atoms with Crippen LogP contribution in [0.25, 0.3) is 0 Å². The molecule has 0 nitrogen and oxygen atoms in total. The Labute approximate surface area is 82.5 Å². The maximum atomic E-state index is 4.15. The third-order valence-electron chi connectivity index (χ3n) is 0.520. The molecule has 0 rings (SSSR count). The van der Waals surface area contributed by atoms with Crippen LogP contribution in [0.3, 0.4) is 0 Å². The van der Waals surface area contributed by atoms with E-state index in [1.54, 1.807) is 0 Å². The first-order valence-corrected chi connectivity index (χ1v) is 5.25. The third-order valence-corrected chi connectivity index (χ3v) is 1.65. The number of hydrogen-bond acceptors (Lipinski definition) is 1. The van der Waals surface area contributed by atoms with Gasteiger partial charge in [-0.1, -0.05) is 51.3 Å². The molecule has 0 aliphatic rings. The minimum atomic E-state index is 1.03. The van der Waals surface area contributed by atoms with Crippen LogP contribution in [0.1, 0.15) is 0 Å². The lowest BCUT2D eigenvalue weighted by Gasteiger charge is -1.83. The standard InChI is InChI=1S/C5H6I2S/c6-3-1-5(8)2-4-7/h1-3,8H,4H2/b3-1-,5-2+. The van der Waals surface area contributed by atoms with Crippen LogP contribution in [0, 0.1) is 0 Å². The van der Waals surface area contributed by atoms with E-state index in [1.807, 2.05) is 10.2 Å². The molecule has 0 aliphatic heterocycles. The predicted molar refractivity (Wildman–Crippen MR) is 59.1 cm³/mol. The van der Waals surface area contributed by atoms with Crippen LogP contribution in [0.15, 0.2) is 21.1 Å². The highest BCUT2D eigenvalue weighted by Gasteiger charge is 1.76. The summed E-state index contributed by atoms with van der Waals surface area (Å²) in [6.45, 7) is 0. The smallest absolute Gasteiger partial charge is 0.0189 e. The van der Waals surface area contributed by atoms with Crippen molar-refractivity contribution in [3.05, 3.63) is 21.1 Å². The minimum absolute atomic E-state index is 1.03. The Balaban J connectivity index is 3.61. The summed E-state index contributed by atoms with van der Waals surface area (Å²) in [7, 11) is 0. The van der Waals surface area contributed by atoms with E-state index in [9.17, 15) is 0 Å². The first-order valence-electron chi connectivity index (χ1n) is 2.03. The van der Waals surface area contributed by atoms with Gasteiger partial charge >= 0.3 is 0 Å². The average molecular weight is 352 g/mol. The minimum Gasteiger partial charge on any atom is -0.144 e. The molecule has 0 aromatic rings. The van der Waals surface area contributed by atoms with E-state index in [0.717, 1.165) is 9.33 Å². The second-order valence-electron chi connectivity index (χ2n) is 1.08. The summed E-state index contributed by atoms with van der Waals surface area (Å²) >= 11 is 8.61. The molecule has 46 valence electrons. The van der Waals surface area contributed by atoms with Crippen molar-refractivity contribution in [1.82, 2.24) is 0 Å². The summed E-state index contributed by atoms with van der Waals surface area (Å²) < 4.78 is 2.97. The van der Waals surface area contributed by atoms with Gasteiger partial charge in [-0.15, -0.1) is 12.6 Å². The van der Waals surface area contributed by atoms with Gasteiger partial charge in [-0.3, -0.25) is 0 Å². The van der Waals surface area contributed by atoms with E-state index in [1.165, 1.54) is 0 Å². The second kappa shape index (κ2) is 6.41. The van der Waals surface area contributed by atoms with Crippen molar-refractivity contribution in [3.8, 4) is 0 Å². The molecule has 0 amide bonds. The van der Waals surface area contributed by atoms with E-state index < -0.39 is 0 Å². The summed E-state index contributed by atoms with van der Waals surface area (Å²) in [5.74, 6) is 0. The molecule has 0 aromatic heterocycles. The zero-order valence-corrected chi connectivity index (χ0v) is 9.35. The van der Waals surface area contributed by atoms with Gasteiger partial charge in [0, 0.05) is 9.33 Å². The van der Waals surface area contributed by atoms with Crippen molar-refractivity contribution in [2.45, 2.75) is 0 Å². The van der Waals surface area contributed by atoms with Crippen LogP contribution in [0.4, 0.5) is 0 Å². The van der Waals surface area contributed by atoms with Crippen LogP contribution in [0.5, 0.6) is 0 Å². The fourth-order valence-electron chi connectivity index (χ4n) is 0.212. The molecular formula is C5H6I2S. The molecule has 0 atom stereocenters. The lowest BCUT2D eigenvalue weighted by Crippen LogP contribution is -1.62. The highest BCUT2D eigenvalue weighted by atomic mass is 127. The molecule has 0 aliphatic carbocycles. The molecule has 0 unspecified atom stereocenters. The molecule has 3 heteroatoms. The Morgan fingerprint density at radius 3 is 2.62 bits per heavy atom. The highest BCUT2D eigenvalue weighted by Crippen LogP contribution is 2.04. The Morgan fingerprint density at radius 1 is 1.62 bits per heavy atom. The van der Waals surface area contributed by atoms with Gasteiger partial charge in [0.15, 0.2) is 0 Å². The van der Waals surface area contributed by atoms with Crippen LogP contribution < -0.4 is 0 Å². The molecule has 0 bridgehead atoms. The maximum absolute atomic E-state index is 4.15. The van der Waals surface area contributed by atoms with Gasteiger partial charge in [-0.05, 0) is 10.2 Å². The number of rotatable bonds is 2. The molecule has 0 heterocycles. The van der Waals surface area contributed by atoms with E-state index in [0.29, 0.717) is 0 Å². The average Bonchev–Trinajstić information content (AvgIpc) is 1.68. The van der Waals surface area contributed by atoms with Crippen molar-refractivity contribution in [3.63, 3.8) is 0 Å². The normalized spacial score (nSPS) is 13.1. The van der Waals surface area contributed by atoms with Gasteiger partial charge in [0.25, 0.3) is 0 Å². The van der Waals surface area contributed by atoms with Crippen molar-refractivity contribution in [1.29, 1.82) is 0 Å². The Kier molecular flexibility index (Phi) is 7.44. The Bertz CT molecular complexity index is 107. The number of allylic oxidation sites excluding steroid dienone is 2. The van der Waals surface area contributed by atoms with Gasteiger partial charge in [-0.2, -0.15) is 0 Å². The first kappa shape index (κ1) is 9.29. The van der Waals surface area contributed by atoms with Gasteiger partial charge in [0.1, 0.15) is 0 Å². The number of alkyl halides is 1. The van der Waals surface area contributed by atoms with Gasteiger partial charge in [0.05, 0.1) is 0 Å². The van der Waals surface area contributed by atoms with Crippen LogP contribution in [-0.2, 0) is 0 Å². The summed E-state index contributed by atoms with van der Waals surface area (Å²) in [6.07, 6.45) is 4.02. The zero-order valence-electron chi connectivity index (χ0n) is 4.14. The van der Waals surface area contributed by atoms with E-state index >= 15 is 0 Å². The van der Waals surface area contributed by atoms with Gasteiger partial charge in [-0.25, -0.2) is 0 Å². The number of halogens is 2. The molecule has 0 saturated heterocycles. The second-order valence-corrected chi connectivity index (χ2v) is 3.19. The molecule has 0 N–H and O–H groups in total. The molecule has 0 fully saturated rings. The molecule has 0 saturated carbocycles. The summed E-state index contributed by atoms with van der Waals surface area (Å²) in [4.78, 5) is 1.04. The molecule has 0 radical (unpaired) electrons. The highest BCUT2D eigenvalue weighted by molar-refractivity contribution is 14.1. The third kappa shape index (κ3) is 5.43. The lowest BCUT2D eigenvalue weighted by molar-refractivity contribution is 1.79. The molecule has 0 aromatic carbocycles. The summed E-state index contributed by atoms with van der Waals surface area (Å²) in [5.41, 5.74) is 0. The predicted octanol–water partition coefficient (Wildman–Crippen LogP) is 3.18.